The quantitative estimate of drug-likeness (QED) is 0.594. The van der Waals surface area contributed by atoms with Crippen LogP contribution in [0.1, 0.15) is 20.8 Å². The largest absolute Gasteiger partial charge is 0.306 e. The zero-order valence-corrected chi connectivity index (χ0v) is 11.0. The number of nitrogens with zero attached hydrogens (tertiary/aromatic N) is 1. The van der Waals surface area contributed by atoms with Gasteiger partial charge in [0.2, 0.25) is 0 Å². The van der Waals surface area contributed by atoms with Crippen LogP contribution < -0.4 is 0 Å². The summed E-state index contributed by atoms with van der Waals surface area (Å²) >= 11 is 0. The first-order chi connectivity index (χ1) is 6.02. The van der Waals surface area contributed by atoms with Crippen molar-refractivity contribution < 1.29 is 0 Å². The number of hydrogen-bond donors (Lipinski definition) is 0. The van der Waals surface area contributed by atoms with E-state index in [4.69, 9.17) is 0 Å². The Labute approximate surface area is 84.8 Å². The van der Waals surface area contributed by atoms with E-state index in [-0.39, 0.29) is 0 Å². The highest BCUT2D eigenvalue weighted by molar-refractivity contribution is 6.86. The van der Waals surface area contributed by atoms with Crippen LogP contribution in [0.4, 0.5) is 0 Å². The van der Waals surface area contributed by atoms with Crippen molar-refractivity contribution in [2.75, 3.05) is 20.6 Å². The molecule has 0 unspecified atom stereocenters. The topological polar surface area (TPSA) is 3.24 Å². The first kappa shape index (κ1) is 12.9. The number of hydrogen-bond acceptors (Lipinski definition) is 1. The van der Waals surface area contributed by atoms with Gasteiger partial charge in [0, 0.05) is 6.54 Å². The van der Waals surface area contributed by atoms with Gasteiger partial charge < -0.3 is 4.90 Å². The normalized spacial score (nSPS) is 12.2. The Balaban J connectivity index is 4.44. The zero-order valence-electron chi connectivity index (χ0n) is 9.98. The maximum Gasteiger partial charge on any atom is 0.0816 e. The van der Waals surface area contributed by atoms with Crippen LogP contribution in [0.15, 0.2) is 11.8 Å². The first-order valence-corrected chi connectivity index (χ1v) is 7.97. The molecule has 0 spiro atoms. The summed E-state index contributed by atoms with van der Waals surface area (Å²) in [4.78, 5) is 2.24. The SMILES string of the molecule is C=C(CN(C)C)[Si](CC)(CC)CC. The summed E-state index contributed by atoms with van der Waals surface area (Å²) in [5.74, 6) is 0. The second-order valence-electron chi connectivity index (χ2n) is 4.18. The van der Waals surface area contributed by atoms with Crippen molar-refractivity contribution in [1.29, 1.82) is 0 Å². The van der Waals surface area contributed by atoms with Gasteiger partial charge in [0.1, 0.15) is 0 Å². The van der Waals surface area contributed by atoms with Crippen LogP contribution in [0.2, 0.25) is 18.1 Å². The van der Waals surface area contributed by atoms with E-state index in [1.54, 1.807) is 0 Å². The Morgan fingerprint density at radius 1 is 1.08 bits per heavy atom. The van der Waals surface area contributed by atoms with Crippen LogP contribution >= 0.6 is 0 Å². The molecule has 0 aliphatic heterocycles. The van der Waals surface area contributed by atoms with Crippen LogP contribution in [0.3, 0.4) is 0 Å². The molecule has 1 nitrogen and oxygen atoms in total. The van der Waals surface area contributed by atoms with E-state index < -0.39 is 8.07 Å². The molecule has 0 amide bonds. The highest BCUT2D eigenvalue weighted by Crippen LogP contribution is 2.27. The highest BCUT2D eigenvalue weighted by Gasteiger charge is 2.29. The summed E-state index contributed by atoms with van der Waals surface area (Å²) in [5.41, 5.74) is 0. The molecule has 0 aromatic heterocycles. The van der Waals surface area contributed by atoms with Crippen LogP contribution in [-0.2, 0) is 0 Å². The summed E-state index contributed by atoms with van der Waals surface area (Å²) in [6.07, 6.45) is 0. The molecule has 13 heavy (non-hydrogen) atoms. The van der Waals surface area contributed by atoms with Crippen molar-refractivity contribution in [2.24, 2.45) is 0 Å². The van der Waals surface area contributed by atoms with Gasteiger partial charge in [-0.15, -0.1) is 6.58 Å². The lowest BCUT2D eigenvalue weighted by molar-refractivity contribution is 0.451. The smallest absolute Gasteiger partial charge is 0.0816 e. The van der Waals surface area contributed by atoms with Crippen molar-refractivity contribution in [3.05, 3.63) is 11.8 Å². The van der Waals surface area contributed by atoms with Gasteiger partial charge in [-0.2, -0.15) is 0 Å². The van der Waals surface area contributed by atoms with E-state index >= 15 is 0 Å². The Morgan fingerprint density at radius 3 is 1.69 bits per heavy atom. The average Bonchev–Trinajstić information content (AvgIpc) is 2.07. The van der Waals surface area contributed by atoms with Gasteiger partial charge in [0.25, 0.3) is 0 Å². The summed E-state index contributed by atoms with van der Waals surface area (Å²) in [7, 11) is 3.14. The molecule has 0 heterocycles. The van der Waals surface area contributed by atoms with Gasteiger partial charge in [-0.1, -0.05) is 44.1 Å². The molecule has 0 fully saturated rings. The molecule has 0 aliphatic carbocycles. The van der Waals surface area contributed by atoms with E-state index in [0.717, 1.165) is 6.54 Å². The maximum absolute atomic E-state index is 4.30. The Kier molecular flexibility index (Phi) is 5.57. The molecular formula is C11H25NSi. The minimum Gasteiger partial charge on any atom is -0.306 e. The van der Waals surface area contributed by atoms with E-state index in [1.807, 2.05) is 0 Å². The molecule has 0 N–H and O–H groups in total. The standard InChI is InChI=1S/C11H25NSi/c1-7-13(8-2,9-3)11(4)10-12(5)6/h4,7-10H2,1-3,5-6H3. The third-order valence-corrected chi connectivity index (χ3v) is 9.01. The van der Waals surface area contributed by atoms with Crippen LogP contribution in [0, 0.1) is 0 Å². The average molecular weight is 199 g/mol. The van der Waals surface area contributed by atoms with Crippen molar-refractivity contribution in [3.63, 3.8) is 0 Å². The van der Waals surface area contributed by atoms with Crippen LogP contribution in [0.5, 0.6) is 0 Å². The molecule has 0 radical (unpaired) electrons. The van der Waals surface area contributed by atoms with Crippen molar-refractivity contribution in [1.82, 2.24) is 4.90 Å². The molecule has 78 valence electrons. The van der Waals surface area contributed by atoms with Gasteiger partial charge in [0.15, 0.2) is 0 Å². The summed E-state index contributed by atoms with van der Waals surface area (Å²) in [6, 6.07) is 4.06. The molecule has 0 rings (SSSR count). The van der Waals surface area contributed by atoms with E-state index in [9.17, 15) is 0 Å². The van der Waals surface area contributed by atoms with Gasteiger partial charge in [0.05, 0.1) is 8.07 Å². The Bertz CT molecular complexity index is 151. The molecule has 0 aromatic carbocycles. The molecule has 0 atom stereocenters. The fourth-order valence-corrected chi connectivity index (χ4v) is 5.70. The zero-order chi connectivity index (χ0) is 10.5. The van der Waals surface area contributed by atoms with E-state index in [2.05, 4.69) is 46.3 Å². The van der Waals surface area contributed by atoms with Crippen molar-refractivity contribution in [2.45, 2.75) is 38.9 Å². The summed E-state index contributed by atoms with van der Waals surface area (Å²) < 4.78 is 0. The molecule has 0 saturated heterocycles. The fourth-order valence-electron chi connectivity index (χ4n) is 2.05. The second kappa shape index (κ2) is 5.61. The fraction of sp³-hybridized carbons (Fsp3) is 0.818. The van der Waals surface area contributed by atoms with Crippen molar-refractivity contribution in [3.8, 4) is 0 Å². The first-order valence-electron chi connectivity index (χ1n) is 5.35. The van der Waals surface area contributed by atoms with E-state index in [0.29, 0.717) is 0 Å². The monoisotopic (exact) mass is 199 g/mol. The minimum absolute atomic E-state index is 1.09. The van der Waals surface area contributed by atoms with Gasteiger partial charge in [-0.3, -0.25) is 0 Å². The number of rotatable bonds is 6. The maximum atomic E-state index is 4.30. The summed E-state index contributed by atoms with van der Waals surface area (Å²) in [6.45, 7) is 12.4. The molecule has 0 bridgehead atoms. The molecule has 2 heteroatoms. The van der Waals surface area contributed by atoms with E-state index in [1.165, 1.54) is 23.3 Å². The highest BCUT2D eigenvalue weighted by atomic mass is 28.3. The van der Waals surface area contributed by atoms with Gasteiger partial charge >= 0.3 is 0 Å². The second-order valence-corrected chi connectivity index (χ2v) is 9.57. The Hall–Kier alpha value is -0.0831. The minimum atomic E-state index is -1.12. The molecule has 0 aromatic rings. The van der Waals surface area contributed by atoms with Crippen LogP contribution in [0.25, 0.3) is 0 Å². The number of likely N-dealkylation sites (N-methyl/N-ethyl adjacent to an activating group) is 1. The van der Waals surface area contributed by atoms with Gasteiger partial charge in [-0.25, -0.2) is 0 Å². The predicted molar refractivity (Wildman–Crippen MR) is 64.9 cm³/mol. The Morgan fingerprint density at radius 2 is 1.46 bits per heavy atom. The predicted octanol–water partition coefficient (Wildman–Crippen LogP) is 3.15. The third kappa shape index (κ3) is 3.28. The molecule has 0 aliphatic rings. The lowest BCUT2D eigenvalue weighted by Crippen LogP contribution is -2.38. The van der Waals surface area contributed by atoms with Gasteiger partial charge in [-0.05, 0) is 14.1 Å². The van der Waals surface area contributed by atoms with Crippen LogP contribution in [-0.4, -0.2) is 33.6 Å². The molecule has 0 saturated carbocycles. The van der Waals surface area contributed by atoms with Crippen molar-refractivity contribution >= 4 is 8.07 Å². The molecular weight excluding hydrogens is 174 g/mol. The summed E-state index contributed by atoms with van der Waals surface area (Å²) in [5, 5.41) is 1.53. The third-order valence-electron chi connectivity index (χ3n) is 3.29. The lowest BCUT2D eigenvalue weighted by atomic mass is 10.6. The lowest BCUT2D eigenvalue weighted by Gasteiger charge is -2.32.